The first-order valence-electron chi connectivity index (χ1n) is 5.75. The van der Waals surface area contributed by atoms with Crippen molar-refractivity contribution in [1.82, 2.24) is 20.3 Å². The van der Waals surface area contributed by atoms with Crippen LogP contribution in [-0.2, 0) is 6.54 Å². The van der Waals surface area contributed by atoms with Gasteiger partial charge in [-0.2, -0.15) is 0 Å². The molecule has 0 bridgehead atoms. The fourth-order valence-electron chi connectivity index (χ4n) is 1.13. The van der Waals surface area contributed by atoms with Gasteiger partial charge >= 0.3 is 0 Å². The van der Waals surface area contributed by atoms with Gasteiger partial charge in [-0.15, -0.1) is 5.10 Å². The number of nitrogens with zero attached hydrogens (tertiary/aromatic N) is 3. The van der Waals surface area contributed by atoms with E-state index in [4.69, 9.17) is 5.73 Å². The van der Waals surface area contributed by atoms with Crippen LogP contribution in [-0.4, -0.2) is 33.5 Å². The van der Waals surface area contributed by atoms with Gasteiger partial charge in [0.25, 0.3) is 5.91 Å². The zero-order chi connectivity index (χ0) is 13.1. The summed E-state index contributed by atoms with van der Waals surface area (Å²) < 4.78 is 1.57. The molecule has 17 heavy (non-hydrogen) atoms. The van der Waals surface area contributed by atoms with Gasteiger partial charge in [0.15, 0.2) is 5.69 Å². The maximum absolute atomic E-state index is 11.9. The van der Waals surface area contributed by atoms with Crippen LogP contribution < -0.4 is 11.1 Å². The van der Waals surface area contributed by atoms with Crippen LogP contribution in [0.1, 0.15) is 38.2 Å². The highest BCUT2D eigenvalue weighted by atomic mass is 16.2. The molecule has 0 spiro atoms. The van der Waals surface area contributed by atoms with Crippen LogP contribution in [0, 0.1) is 5.41 Å². The highest BCUT2D eigenvalue weighted by molar-refractivity contribution is 5.92. The zero-order valence-corrected chi connectivity index (χ0v) is 10.9. The number of carbonyl (C=O) groups is 1. The second-order valence-corrected chi connectivity index (χ2v) is 5.22. The van der Waals surface area contributed by atoms with Crippen LogP contribution in [0.4, 0.5) is 0 Å². The third-order valence-electron chi connectivity index (χ3n) is 2.78. The third-order valence-corrected chi connectivity index (χ3v) is 2.78. The Kier molecular flexibility index (Phi) is 4.22. The van der Waals surface area contributed by atoms with E-state index in [1.54, 1.807) is 10.9 Å². The first kappa shape index (κ1) is 13.6. The Morgan fingerprint density at radius 1 is 1.59 bits per heavy atom. The molecule has 1 aromatic rings. The summed E-state index contributed by atoms with van der Waals surface area (Å²) in [5, 5.41) is 10.5. The quantitative estimate of drug-likeness (QED) is 0.796. The van der Waals surface area contributed by atoms with Crippen molar-refractivity contribution in [2.24, 2.45) is 11.1 Å². The minimum atomic E-state index is -0.198. The molecule has 6 nitrogen and oxygen atoms in total. The number of rotatable bonds is 4. The SMILES string of the molecule is CC(NC(=O)c1cn(CCN)nn1)C(C)(C)C. The Balaban J connectivity index is 2.63. The summed E-state index contributed by atoms with van der Waals surface area (Å²) in [5.41, 5.74) is 5.74. The van der Waals surface area contributed by atoms with Crippen LogP contribution in [0.15, 0.2) is 6.20 Å². The van der Waals surface area contributed by atoms with Crippen molar-refractivity contribution < 1.29 is 4.79 Å². The van der Waals surface area contributed by atoms with Crippen molar-refractivity contribution in [1.29, 1.82) is 0 Å². The molecule has 0 aliphatic heterocycles. The van der Waals surface area contributed by atoms with Gasteiger partial charge in [-0.25, -0.2) is 0 Å². The van der Waals surface area contributed by atoms with E-state index in [-0.39, 0.29) is 17.4 Å². The number of aromatic nitrogens is 3. The van der Waals surface area contributed by atoms with E-state index in [1.165, 1.54) is 0 Å². The van der Waals surface area contributed by atoms with E-state index in [0.29, 0.717) is 18.8 Å². The smallest absolute Gasteiger partial charge is 0.273 e. The van der Waals surface area contributed by atoms with Crippen LogP contribution >= 0.6 is 0 Å². The standard InChI is InChI=1S/C11H21N5O/c1-8(11(2,3)4)13-10(17)9-7-16(6-5-12)15-14-9/h7-8H,5-6,12H2,1-4H3,(H,13,17). The van der Waals surface area contributed by atoms with Gasteiger partial charge in [-0.05, 0) is 12.3 Å². The minimum Gasteiger partial charge on any atom is -0.348 e. The van der Waals surface area contributed by atoms with E-state index >= 15 is 0 Å². The van der Waals surface area contributed by atoms with Gasteiger partial charge in [0.2, 0.25) is 0 Å². The van der Waals surface area contributed by atoms with Crippen LogP contribution in [0.5, 0.6) is 0 Å². The maximum atomic E-state index is 11.9. The van der Waals surface area contributed by atoms with E-state index in [2.05, 4.69) is 36.4 Å². The Morgan fingerprint density at radius 2 is 2.24 bits per heavy atom. The van der Waals surface area contributed by atoms with Gasteiger partial charge in [0.1, 0.15) is 0 Å². The predicted octanol–water partition coefficient (Wildman–Crippen LogP) is 0.401. The monoisotopic (exact) mass is 239 g/mol. The number of nitrogens with one attached hydrogen (secondary N) is 1. The fraction of sp³-hybridized carbons (Fsp3) is 0.727. The summed E-state index contributed by atoms with van der Waals surface area (Å²) in [4.78, 5) is 11.9. The summed E-state index contributed by atoms with van der Waals surface area (Å²) in [6.45, 7) is 9.23. The van der Waals surface area contributed by atoms with Crippen molar-refractivity contribution in [3.05, 3.63) is 11.9 Å². The Morgan fingerprint density at radius 3 is 2.76 bits per heavy atom. The molecule has 0 aliphatic carbocycles. The molecule has 1 atom stereocenters. The Labute approximate surface area is 102 Å². The van der Waals surface area contributed by atoms with Crippen molar-refractivity contribution in [3.63, 3.8) is 0 Å². The average molecular weight is 239 g/mol. The molecule has 0 fully saturated rings. The number of hydrogen-bond acceptors (Lipinski definition) is 4. The lowest BCUT2D eigenvalue weighted by atomic mass is 9.88. The first-order valence-corrected chi connectivity index (χ1v) is 5.75. The number of nitrogens with two attached hydrogens (primary N) is 1. The molecule has 1 unspecified atom stereocenters. The second kappa shape index (κ2) is 5.27. The predicted molar refractivity (Wildman–Crippen MR) is 65.5 cm³/mol. The lowest BCUT2D eigenvalue weighted by Crippen LogP contribution is -2.41. The lowest BCUT2D eigenvalue weighted by Gasteiger charge is -2.27. The van der Waals surface area contributed by atoms with E-state index in [9.17, 15) is 4.79 Å². The molecule has 0 saturated heterocycles. The summed E-state index contributed by atoms with van der Waals surface area (Å²) in [6.07, 6.45) is 1.61. The van der Waals surface area contributed by atoms with Crippen molar-refractivity contribution in [2.45, 2.75) is 40.3 Å². The lowest BCUT2D eigenvalue weighted by molar-refractivity contribution is 0.0905. The second-order valence-electron chi connectivity index (χ2n) is 5.22. The molecular weight excluding hydrogens is 218 g/mol. The van der Waals surface area contributed by atoms with Crippen molar-refractivity contribution in [3.8, 4) is 0 Å². The molecule has 6 heteroatoms. The summed E-state index contributed by atoms with van der Waals surface area (Å²) in [7, 11) is 0. The summed E-state index contributed by atoms with van der Waals surface area (Å²) in [5.74, 6) is -0.198. The van der Waals surface area contributed by atoms with E-state index in [0.717, 1.165) is 0 Å². The van der Waals surface area contributed by atoms with Gasteiger partial charge in [-0.3, -0.25) is 9.48 Å². The van der Waals surface area contributed by atoms with Crippen molar-refractivity contribution >= 4 is 5.91 Å². The number of amides is 1. The fourth-order valence-corrected chi connectivity index (χ4v) is 1.13. The molecule has 0 aromatic carbocycles. The van der Waals surface area contributed by atoms with Crippen molar-refractivity contribution in [2.75, 3.05) is 6.54 Å². The molecule has 0 saturated carbocycles. The summed E-state index contributed by atoms with van der Waals surface area (Å²) in [6, 6.07) is 0.0645. The van der Waals surface area contributed by atoms with Crippen LogP contribution in [0.25, 0.3) is 0 Å². The number of carbonyl (C=O) groups excluding carboxylic acids is 1. The molecule has 0 aliphatic rings. The molecule has 1 rings (SSSR count). The number of hydrogen-bond donors (Lipinski definition) is 2. The minimum absolute atomic E-state index is 0.0168. The molecule has 0 radical (unpaired) electrons. The topological polar surface area (TPSA) is 85.8 Å². The Bertz CT molecular complexity index is 379. The molecule has 1 amide bonds. The molecule has 1 heterocycles. The third kappa shape index (κ3) is 3.81. The van der Waals surface area contributed by atoms with Gasteiger partial charge < -0.3 is 11.1 Å². The van der Waals surface area contributed by atoms with E-state index in [1.807, 2.05) is 6.92 Å². The van der Waals surface area contributed by atoms with Crippen LogP contribution in [0.2, 0.25) is 0 Å². The van der Waals surface area contributed by atoms with Gasteiger partial charge in [-0.1, -0.05) is 26.0 Å². The average Bonchev–Trinajstić information content (AvgIpc) is 2.65. The maximum Gasteiger partial charge on any atom is 0.273 e. The highest BCUT2D eigenvalue weighted by Gasteiger charge is 2.23. The largest absolute Gasteiger partial charge is 0.348 e. The molecule has 1 aromatic heterocycles. The molecule has 3 N–H and O–H groups in total. The molecule has 96 valence electrons. The Hall–Kier alpha value is -1.43. The van der Waals surface area contributed by atoms with E-state index < -0.39 is 0 Å². The zero-order valence-electron chi connectivity index (χ0n) is 10.9. The highest BCUT2D eigenvalue weighted by Crippen LogP contribution is 2.18. The first-order chi connectivity index (χ1) is 7.84. The van der Waals surface area contributed by atoms with Gasteiger partial charge in [0.05, 0.1) is 12.7 Å². The van der Waals surface area contributed by atoms with Gasteiger partial charge in [0, 0.05) is 12.6 Å². The summed E-state index contributed by atoms with van der Waals surface area (Å²) >= 11 is 0. The normalized spacial score (nSPS) is 13.5. The van der Waals surface area contributed by atoms with Crippen LogP contribution in [0.3, 0.4) is 0 Å². The molecular formula is C11H21N5O.